The molecule has 1 atom stereocenters. The Kier molecular flexibility index (Phi) is 8.70. The summed E-state index contributed by atoms with van der Waals surface area (Å²) in [4.78, 5) is 30.8. The highest BCUT2D eigenvalue weighted by molar-refractivity contribution is 6.30. The van der Waals surface area contributed by atoms with Gasteiger partial charge in [-0.25, -0.2) is 0 Å². The Labute approximate surface area is 176 Å². The van der Waals surface area contributed by atoms with Crippen molar-refractivity contribution < 1.29 is 9.59 Å². The number of hydrogen-bond acceptors (Lipinski definition) is 4. The first-order valence-electron chi connectivity index (χ1n) is 9.09. The topological polar surface area (TPSA) is 74.3 Å². The lowest BCUT2D eigenvalue weighted by atomic mass is 10.0. The molecular weight excluding hydrogens is 399 g/mol. The van der Waals surface area contributed by atoms with Crippen LogP contribution in [-0.2, 0) is 4.79 Å². The molecule has 1 fully saturated rings. The number of pyridine rings is 1. The van der Waals surface area contributed by atoms with Gasteiger partial charge in [0.05, 0.1) is 6.04 Å². The van der Waals surface area contributed by atoms with E-state index in [1.807, 2.05) is 23.2 Å². The minimum atomic E-state index is -0.158. The van der Waals surface area contributed by atoms with E-state index in [0.717, 1.165) is 18.7 Å². The van der Waals surface area contributed by atoms with E-state index >= 15 is 0 Å². The third-order valence-corrected chi connectivity index (χ3v) is 4.84. The van der Waals surface area contributed by atoms with Crippen molar-refractivity contribution in [1.82, 2.24) is 20.5 Å². The van der Waals surface area contributed by atoms with Crippen LogP contribution in [0.4, 0.5) is 0 Å². The number of nitrogens with zero attached hydrogens (tertiary/aromatic N) is 2. The van der Waals surface area contributed by atoms with Gasteiger partial charge in [-0.15, -0.1) is 12.4 Å². The second-order valence-corrected chi connectivity index (χ2v) is 6.90. The summed E-state index contributed by atoms with van der Waals surface area (Å²) in [6, 6.07) is 10.6. The van der Waals surface area contributed by atoms with Crippen molar-refractivity contribution in [2.45, 2.75) is 18.9 Å². The Morgan fingerprint density at radius 3 is 2.75 bits per heavy atom. The molecule has 6 nitrogen and oxygen atoms in total. The van der Waals surface area contributed by atoms with Crippen LogP contribution in [0, 0.1) is 0 Å². The van der Waals surface area contributed by atoms with Crippen molar-refractivity contribution in [1.29, 1.82) is 0 Å². The first-order valence-corrected chi connectivity index (χ1v) is 9.47. The van der Waals surface area contributed by atoms with Crippen LogP contribution in [0.2, 0.25) is 5.02 Å². The fraction of sp³-hybridized carbons (Fsp3) is 0.350. The number of hydrogen-bond donors (Lipinski definition) is 2. The van der Waals surface area contributed by atoms with Crippen LogP contribution < -0.4 is 10.6 Å². The Balaban J connectivity index is 0.00000280. The number of benzene rings is 1. The van der Waals surface area contributed by atoms with Gasteiger partial charge in [-0.1, -0.05) is 17.7 Å². The lowest BCUT2D eigenvalue weighted by molar-refractivity contribution is -0.134. The third-order valence-electron chi connectivity index (χ3n) is 4.59. The predicted molar refractivity (Wildman–Crippen MR) is 112 cm³/mol. The number of halogens is 2. The average molecular weight is 423 g/mol. The smallest absolute Gasteiger partial charge is 0.251 e. The fourth-order valence-electron chi connectivity index (χ4n) is 3.16. The molecule has 0 saturated carbocycles. The van der Waals surface area contributed by atoms with Crippen LogP contribution in [0.5, 0.6) is 0 Å². The maximum Gasteiger partial charge on any atom is 0.251 e. The maximum atomic E-state index is 12.7. The zero-order chi connectivity index (χ0) is 19.1. The van der Waals surface area contributed by atoms with Crippen LogP contribution in [0.15, 0.2) is 48.8 Å². The Morgan fingerprint density at radius 2 is 2.04 bits per heavy atom. The Hall–Kier alpha value is -2.15. The summed E-state index contributed by atoms with van der Waals surface area (Å²) in [6.07, 6.45) is 4.54. The lowest BCUT2D eigenvalue weighted by Gasteiger charge is -2.36. The number of carbonyl (C=O) groups is 2. The van der Waals surface area contributed by atoms with Gasteiger partial charge in [0.15, 0.2) is 0 Å². The van der Waals surface area contributed by atoms with Crippen LogP contribution in [0.1, 0.15) is 34.8 Å². The number of amides is 2. The second-order valence-electron chi connectivity index (χ2n) is 6.46. The predicted octanol–water partition coefficient (Wildman–Crippen LogP) is 2.84. The molecule has 0 spiro atoms. The molecule has 0 aliphatic carbocycles. The largest absolute Gasteiger partial charge is 0.352 e. The van der Waals surface area contributed by atoms with Gasteiger partial charge in [-0.3, -0.25) is 14.6 Å². The van der Waals surface area contributed by atoms with Crippen LogP contribution >= 0.6 is 24.0 Å². The number of rotatable bonds is 6. The molecule has 150 valence electrons. The third kappa shape index (κ3) is 5.92. The van der Waals surface area contributed by atoms with Crippen LogP contribution in [-0.4, -0.2) is 47.9 Å². The highest BCUT2D eigenvalue weighted by atomic mass is 35.5. The molecule has 1 unspecified atom stereocenters. The van der Waals surface area contributed by atoms with E-state index in [1.54, 1.807) is 30.5 Å². The summed E-state index contributed by atoms with van der Waals surface area (Å²) in [5.74, 6) is -0.0550. The molecule has 0 bridgehead atoms. The average Bonchev–Trinajstić information content (AvgIpc) is 2.72. The van der Waals surface area contributed by atoms with E-state index in [-0.39, 0.29) is 30.3 Å². The molecule has 1 aromatic carbocycles. The van der Waals surface area contributed by atoms with Crippen molar-refractivity contribution >= 4 is 35.8 Å². The molecule has 1 aliphatic heterocycles. The SMILES string of the molecule is Cl.O=C(NCCCC(=O)N1CCNCC1c1cccnc1)c1ccc(Cl)cc1. The molecule has 28 heavy (non-hydrogen) atoms. The monoisotopic (exact) mass is 422 g/mol. The highest BCUT2D eigenvalue weighted by Gasteiger charge is 2.27. The number of piperazine rings is 1. The zero-order valence-corrected chi connectivity index (χ0v) is 17.0. The number of nitrogens with one attached hydrogen (secondary N) is 2. The van der Waals surface area contributed by atoms with Gasteiger partial charge in [0.2, 0.25) is 5.91 Å². The van der Waals surface area contributed by atoms with E-state index in [1.165, 1.54) is 0 Å². The van der Waals surface area contributed by atoms with Gasteiger partial charge in [0.25, 0.3) is 5.91 Å². The Bertz CT molecular complexity index is 772. The van der Waals surface area contributed by atoms with Crippen LogP contribution in [0.25, 0.3) is 0 Å². The molecule has 2 aromatic rings. The summed E-state index contributed by atoms with van der Waals surface area (Å²) >= 11 is 5.83. The number of aromatic nitrogens is 1. The molecule has 2 heterocycles. The Morgan fingerprint density at radius 1 is 1.25 bits per heavy atom. The number of carbonyl (C=O) groups excluding carboxylic acids is 2. The van der Waals surface area contributed by atoms with Crippen molar-refractivity contribution in [2.24, 2.45) is 0 Å². The summed E-state index contributed by atoms with van der Waals surface area (Å²) in [7, 11) is 0. The fourth-order valence-corrected chi connectivity index (χ4v) is 3.29. The molecule has 1 saturated heterocycles. The lowest BCUT2D eigenvalue weighted by Crippen LogP contribution is -2.48. The van der Waals surface area contributed by atoms with E-state index in [2.05, 4.69) is 15.6 Å². The van der Waals surface area contributed by atoms with Crippen LogP contribution in [0.3, 0.4) is 0 Å². The van der Waals surface area contributed by atoms with Gasteiger partial charge in [-0.05, 0) is 42.3 Å². The molecule has 8 heteroatoms. The van der Waals surface area contributed by atoms with Gasteiger partial charge in [0.1, 0.15) is 0 Å². The van der Waals surface area contributed by atoms with Gasteiger partial charge in [-0.2, -0.15) is 0 Å². The normalized spacial score (nSPS) is 16.2. The summed E-state index contributed by atoms with van der Waals surface area (Å²) < 4.78 is 0. The zero-order valence-electron chi connectivity index (χ0n) is 15.4. The second kappa shape index (κ2) is 11.0. The standard InChI is InChI=1S/C20H23ClN4O2.ClH/c21-17-7-5-15(6-8-17)20(27)24-10-2-4-19(26)25-12-11-23-14-18(25)16-3-1-9-22-13-16;/h1,3,5-9,13,18,23H,2,4,10-12,14H2,(H,24,27);1H. The van der Waals surface area contributed by atoms with E-state index < -0.39 is 0 Å². The molecule has 2 amide bonds. The summed E-state index contributed by atoms with van der Waals surface area (Å²) in [6.45, 7) is 2.65. The van der Waals surface area contributed by atoms with Crippen molar-refractivity contribution in [3.8, 4) is 0 Å². The molecule has 1 aromatic heterocycles. The minimum absolute atomic E-state index is 0. The van der Waals surface area contributed by atoms with Gasteiger partial charge in [0, 0.05) is 55.6 Å². The van der Waals surface area contributed by atoms with Gasteiger partial charge < -0.3 is 15.5 Å². The molecule has 2 N–H and O–H groups in total. The molecule has 1 aliphatic rings. The van der Waals surface area contributed by atoms with E-state index in [4.69, 9.17) is 11.6 Å². The molecule has 0 radical (unpaired) electrons. The van der Waals surface area contributed by atoms with E-state index in [9.17, 15) is 9.59 Å². The summed E-state index contributed by atoms with van der Waals surface area (Å²) in [5.41, 5.74) is 1.60. The van der Waals surface area contributed by atoms with Gasteiger partial charge >= 0.3 is 0 Å². The highest BCUT2D eigenvalue weighted by Crippen LogP contribution is 2.22. The minimum Gasteiger partial charge on any atom is -0.352 e. The van der Waals surface area contributed by atoms with Crippen molar-refractivity contribution in [3.63, 3.8) is 0 Å². The van der Waals surface area contributed by atoms with Crippen molar-refractivity contribution in [3.05, 3.63) is 64.9 Å². The first-order chi connectivity index (χ1) is 13.1. The molecule has 3 rings (SSSR count). The first kappa shape index (κ1) is 22.1. The molecular formula is C20H24Cl2N4O2. The summed E-state index contributed by atoms with van der Waals surface area (Å²) in [5, 5.41) is 6.77. The maximum absolute atomic E-state index is 12.7. The van der Waals surface area contributed by atoms with E-state index in [0.29, 0.717) is 36.5 Å². The van der Waals surface area contributed by atoms with Crippen molar-refractivity contribution in [2.75, 3.05) is 26.2 Å². The quantitative estimate of drug-likeness (QED) is 0.701.